The fraction of sp³-hybridized carbons (Fsp3) is 0.667. The molecule has 0 aromatic carbocycles. The Morgan fingerprint density at radius 1 is 1.56 bits per heavy atom. The number of hydrogen-bond donors (Lipinski definition) is 3. The van der Waals surface area contributed by atoms with E-state index in [0.717, 1.165) is 42.8 Å². The van der Waals surface area contributed by atoms with E-state index in [0.29, 0.717) is 12.5 Å². The van der Waals surface area contributed by atoms with Crippen molar-refractivity contribution in [1.29, 1.82) is 0 Å². The average Bonchev–Trinajstić information content (AvgIpc) is 2.78. The fourth-order valence-corrected chi connectivity index (χ4v) is 2.48. The maximum absolute atomic E-state index is 10.7. The van der Waals surface area contributed by atoms with Gasteiger partial charge < -0.3 is 15.5 Å². The van der Waals surface area contributed by atoms with Gasteiger partial charge >= 0.3 is 5.97 Å². The third kappa shape index (κ3) is 5.12. The predicted octanol–water partition coefficient (Wildman–Crippen LogP) is 1.73. The molecule has 0 saturated heterocycles. The molecular formula is C12H20N2O3S. The molecule has 0 amide bonds. The van der Waals surface area contributed by atoms with Crippen LogP contribution in [0, 0.1) is 5.92 Å². The summed E-state index contributed by atoms with van der Waals surface area (Å²) >= 11 is 1.15. The largest absolute Gasteiger partial charge is 0.476 e. The summed E-state index contributed by atoms with van der Waals surface area (Å²) in [6, 6.07) is 0. The van der Waals surface area contributed by atoms with Crippen LogP contribution in [0.15, 0.2) is 5.38 Å². The average molecular weight is 272 g/mol. The molecule has 1 unspecified atom stereocenters. The molecule has 3 N–H and O–H groups in total. The van der Waals surface area contributed by atoms with E-state index < -0.39 is 5.97 Å². The number of carboxylic acid groups (broad SMARTS) is 1. The summed E-state index contributed by atoms with van der Waals surface area (Å²) in [5.41, 5.74) is 0.761. The van der Waals surface area contributed by atoms with Crippen molar-refractivity contribution in [3.8, 4) is 0 Å². The predicted molar refractivity (Wildman–Crippen MR) is 70.9 cm³/mol. The number of carboxylic acids is 1. The lowest BCUT2D eigenvalue weighted by molar-refractivity contribution is 0.0696. The van der Waals surface area contributed by atoms with Crippen molar-refractivity contribution in [3.63, 3.8) is 0 Å². The smallest absolute Gasteiger partial charge is 0.365 e. The topological polar surface area (TPSA) is 82.5 Å². The molecule has 6 heteroatoms. The van der Waals surface area contributed by atoms with Gasteiger partial charge in [-0.2, -0.15) is 0 Å². The monoisotopic (exact) mass is 272 g/mol. The fourth-order valence-electron chi connectivity index (χ4n) is 1.83. The highest BCUT2D eigenvalue weighted by Crippen LogP contribution is 2.11. The van der Waals surface area contributed by atoms with Crippen LogP contribution < -0.4 is 5.32 Å². The van der Waals surface area contributed by atoms with Crippen LogP contribution in [0.1, 0.15) is 41.7 Å². The molecular weight excluding hydrogens is 252 g/mol. The van der Waals surface area contributed by atoms with E-state index in [-0.39, 0.29) is 11.6 Å². The first-order valence-electron chi connectivity index (χ1n) is 6.16. The van der Waals surface area contributed by atoms with E-state index in [1.54, 1.807) is 5.38 Å². The van der Waals surface area contributed by atoms with Gasteiger partial charge in [0.2, 0.25) is 5.01 Å². The molecule has 0 aliphatic heterocycles. The summed E-state index contributed by atoms with van der Waals surface area (Å²) < 4.78 is 0. The number of hydrogen-bond acceptors (Lipinski definition) is 5. The van der Waals surface area contributed by atoms with Crippen LogP contribution in [0.25, 0.3) is 0 Å². The highest BCUT2D eigenvalue weighted by Gasteiger charge is 2.10. The first-order chi connectivity index (χ1) is 8.67. The Morgan fingerprint density at radius 3 is 2.89 bits per heavy atom. The normalized spacial score (nSPS) is 12.6. The number of aliphatic hydroxyl groups excluding tert-OH is 1. The number of aromatic nitrogens is 1. The van der Waals surface area contributed by atoms with Crippen LogP contribution in [0.3, 0.4) is 0 Å². The van der Waals surface area contributed by atoms with Gasteiger partial charge in [0, 0.05) is 18.5 Å². The molecule has 1 heterocycles. The van der Waals surface area contributed by atoms with Gasteiger partial charge in [0.15, 0.2) is 0 Å². The maximum Gasteiger partial charge on any atom is 0.365 e. The van der Waals surface area contributed by atoms with E-state index in [9.17, 15) is 4.79 Å². The Morgan fingerprint density at radius 2 is 2.33 bits per heavy atom. The second kappa shape index (κ2) is 8.18. The number of nitrogens with one attached hydrogen (secondary N) is 1. The summed E-state index contributed by atoms with van der Waals surface area (Å²) in [5.74, 6) is -0.507. The molecule has 5 nitrogen and oxygen atoms in total. The summed E-state index contributed by atoms with van der Waals surface area (Å²) in [4.78, 5) is 14.7. The molecule has 0 radical (unpaired) electrons. The van der Waals surface area contributed by atoms with Crippen LogP contribution in [0.5, 0.6) is 0 Å². The van der Waals surface area contributed by atoms with Crippen LogP contribution in [0.2, 0.25) is 0 Å². The van der Waals surface area contributed by atoms with Gasteiger partial charge in [-0.1, -0.05) is 13.3 Å². The summed E-state index contributed by atoms with van der Waals surface area (Å²) in [7, 11) is 0. The number of aliphatic hydroxyl groups is 1. The minimum absolute atomic E-state index is 0.132. The van der Waals surface area contributed by atoms with Crippen molar-refractivity contribution in [2.45, 2.75) is 32.7 Å². The lowest BCUT2D eigenvalue weighted by atomic mass is 10.0. The third-order valence-corrected chi connectivity index (χ3v) is 3.59. The van der Waals surface area contributed by atoms with Crippen molar-refractivity contribution in [2.75, 3.05) is 13.2 Å². The van der Waals surface area contributed by atoms with Gasteiger partial charge in [-0.05, 0) is 25.3 Å². The van der Waals surface area contributed by atoms with Gasteiger partial charge in [-0.25, -0.2) is 9.78 Å². The van der Waals surface area contributed by atoms with Crippen LogP contribution in [-0.4, -0.2) is 34.3 Å². The minimum Gasteiger partial charge on any atom is -0.476 e. The minimum atomic E-state index is -0.976. The number of rotatable bonds is 9. The summed E-state index contributed by atoms with van der Waals surface area (Å²) in [6.07, 6.45) is 3.00. The van der Waals surface area contributed by atoms with Crippen LogP contribution in [0.4, 0.5) is 0 Å². The molecule has 0 aliphatic carbocycles. The summed E-state index contributed by atoms with van der Waals surface area (Å²) in [5, 5.41) is 22.8. The number of nitrogens with zero attached hydrogens (tertiary/aromatic N) is 1. The Hall–Kier alpha value is -0.980. The first-order valence-corrected chi connectivity index (χ1v) is 7.04. The second-order valence-corrected chi connectivity index (χ2v) is 5.11. The zero-order valence-corrected chi connectivity index (χ0v) is 11.4. The molecule has 0 saturated carbocycles. The number of thiazole rings is 1. The van der Waals surface area contributed by atoms with E-state index in [4.69, 9.17) is 10.2 Å². The van der Waals surface area contributed by atoms with Crippen molar-refractivity contribution in [2.24, 2.45) is 5.92 Å². The van der Waals surface area contributed by atoms with Gasteiger partial charge in [0.05, 0.1) is 5.69 Å². The molecule has 1 aromatic heterocycles. The highest BCUT2D eigenvalue weighted by atomic mass is 32.1. The quantitative estimate of drug-likeness (QED) is 0.637. The Bertz CT molecular complexity index is 362. The van der Waals surface area contributed by atoms with Gasteiger partial charge in [-0.3, -0.25) is 0 Å². The molecule has 1 rings (SSSR count). The van der Waals surface area contributed by atoms with E-state index >= 15 is 0 Å². The molecule has 1 aromatic rings. The number of aromatic carboxylic acids is 1. The zero-order valence-electron chi connectivity index (χ0n) is 10.6. The highest BCUT2D eigenvalue weighted by molar-refractivity contribution is 7.11. The van der Waals surface area contributed by atoms with Crippen molar-refractivity contribution in [3.05, 3.63) is 16.1 Å². The molecule has 1 atom stereocenters. The second-order valence-electron chi connectivity index (χ2n) is 4.25. The lowest BCUT2D eigenvalue weighted by Crippen LogP contribution is -2.23. The Kier molecular flexibility index (Phi) is 6.85. The Labute approximate surface area is 111 Å². The molecule has 0 fully saturated rings. The lowest BCUT2D eigenvalue weighted by Gasteiger charge is -2.14. The molecule has 0 aliphatic rings. The summed E-state index contributed by atoms with van der Waals surface area (Å²) in [6.45, 7) is 3.75. The van der Waals surface area contributed by atoms with E-state index in [2.05, 4.69) is 17.2 Å². The van der Waals surface area contributed by atoms with Crippen LogP contribution >= 0.6 is 11.3 Å². The zero-order chi connectivity index (χ0) is 13.4. The maximum atomic E-state index is 10.7. The Balaban J connectivity index is 2.32. The molecule has 0 spiro atoms. The molecule has 18 heavy (non-hydrogen) atoms. The SMILES string of the molecule is CCCC(CCO)CNCc1csc(C(=O)O)n1. The van der Waals surface area contributed by atoms with Crippen molar-refractivity contribution >= 4 is 17.3 Å². The van der Waals surface area contributed by atoms with Gasteiger partial charge in [0.25, 0.3) is 0 Å². The van der Waals surface area contributed by atoms with Crippen molar-refractivity contribution in [1.82, 2.24) is 10.3 Å². The van der Waals surface area contributed by atoms with Gasteiger partial charge in [-0.15, -0.1) is 11.3 Å². The standard InChI is InChI=1S/C12H20N2O3S/c1-2-3-9(4-5-15)6-13-7-10-8-18-11(14-10)12(16)17/h8-9,13,15H,2-7H2,1H3,(H,16,17). The number of carbonyl (C=O) groups is 1. The molecule has 0 bridgehead atoms. The van der Waals surface area contributed by atoms with Gasteiger partial charge in [0.1, 0.15) is 0 Å². The third-order valence-electron chi connectivity index (χ3n) is 2.71. The van der Waals surface area contributed by atoms with Crippen molar-refractivity contribution < 1.29 is 15.0 Å². The first kappa shape index (κ1) is 15.1. The molecule has 102 valence electrons. The van der Waals surface area contributed by atoms with E-state index in [1.165, 1.54) is 0 Å². The van der Waals surface area contributed by atoms with E-state index in [1.807, 2.05) is 0 Å². The van der Waals surface area contributed by atoms with Crippen LogP contribution in [-0.2, 0) is 6.54 Å².